The van der Waals surface area contributed by atoms with Crippen LogP contribution in [0.4, 0.5) is 11.4 Å². The number of hydrogen-bond acceptors (Lipinski definition) is 3. The van der Waals surface area contributed by atoms with Crippen molar-refractivity contribution in [3.8, 4) is 0 Å². The van der Waals surface area contributed by atoms with Crippen LogP contribution in [0.5, 0.6) is 0 Å². The van der Waals surface area contributed by atoms with Crippen LogP contribution in [0.2, 0.25) is 0 Å². The van der Waals surface area contributed by atoms with Gasteiger partial charge in [-0.05, 0) is 51.5 Å². The monoisotopic (exact) mass is 235 g/mol. The minimum absolute atomic E-state index is 0.178. The van der Waals surface area contributed by atoms with Crippen LogP contribution in [0.15, 0.2) is 18.2 Å². The summed E-state index contributed by atoms with van der Waals surface area (Å²) in [5.41, 5.74) is 9.48. The van der Waals surface area contributed by atoms with Crippen LogP contribution in [0, 0.1) is 6.92 Å². The van der Waals surface area contributed by atoms with Crippen LogP contribution in [0.1, 0.15) is 26.3 Å². The average molecular weight is 235 g/mol. The molecular weight excluding hydrogens is 210 g/mol. The van der Waals surface area contributed by atoms with E-state index >= 15 is 0 Å². The van der Waals surface area contributed by atoms with Crippen molar-refractivity contribution in [3.05, 3.63) is 23.8 Å². The summed E-state index contributed by atoms with van der Waals surface area (Å²) in [6, 6.07) is 6.72. The molecule has 1 unspecified atom stereocenters. The minimum Gasteiger partial charge on any atom is -0.383 e. The second-order valence-corrected chi connectivity index (χ2v) is 4.53. The summed E-state index contributed by atoms with van der Waals surface area (Å²) >= 11 is 0. The fourth-order valence-corrected chi connectivity index (χ4v) is 1.90. The highest BCUT2D eigenvalue weighted by Crippen LogP contribution is 2.22. The summed E-state index contributed by atoms with van der Waals surface area (Å²) in [5.74, 6) is 0. The van der Waals surface area contributed by atoms with Gasteiger partial charge in [-0.1, -0.05) is 0 Å². The number of aryl methyl sites for hydroxylation is 1. The van der Waals surface area contributed by atoms with Crippen LogP contribution in [0.25, 0.3) is 0 Å². The molecule has 0 aromatic heterocycles. The third kappa shape index (κ3) is 3.93. The molecule has 1 aromatic carbocycles. The molecule has 0 radical (unpaired) electrons. The SMILES string of the molecule is CCN(CC)c1ccc(NCC(C)N)c(C)c1. The maximum absolute atomic E-state index is 5.74. The number of nitrogens with two attached hydrogens (primary N) is 1. The molecule has 3 N–H and O–H groups in total. The number of rotatable bonds is 6. The van der Waals surface area contributed by atoms with Gasteiger partial charge in [0.25, 0.3) is 0 Å². The Morgan fingerprint density at radius 3 is 2.41 bits per heavy atom. The van der Waals surface area contributed by atoms with Crippen molar-refractivity contribution >= 4 is 11.4 Å². The predicted molar refractivity (Wildman–Crippen MR) is 76.9 cm³/mol. The van der Waals surface area contributed by atoms with E-state index in [9.17, 15) is 0 Å². The predicted octanol–water partition coefficient (Wildman–Crippen LogP) is 2.60. The summed E-state index contributed by atoms with van der Waals surface area (Å²) in [4.78, 5) is 2.35. The van der Waals surface area contributed by atoms with Crippen molar-refractivity contribution in [2.24, 2.45) is 5.73 Å². The van der Waals surface area contributed by atoms with Crippen molar-refractivity contribution in [1.29, 1.82) is 0 Å². The van der Waals surface area contributed by atoms with Gasteiger partial charge < -0.3 is 16.0 Å². The normalized spacial score (nSPS) is 12.3. The first-order valence-electron chi connectivity index (χ1n) is 6.43. The van der Waals surface area contributed by atoms with E-state index in [0.29, 0.717) is 0 Å². The van der Waals surface area contributed by atoms with Crippen LogP contribution >= 0.6 is 0 Å². The van der Waals surface area contributed by atoms with Gasteiger partial charge in [-0.2, -0.15) is 0 Å². The van der Waals surface area contributed by atoms with Gasteiger partial charge in [-0.15, -0.1) is 0 Å². The summed E-state index contributed by atoms with van der Waals surface area (Å²) in [7, 11) is 0. The lowest BCUT2D eigenvalue weighted by atomic mass is 10.1. The Bertz CT molecular complexity index is 343. The fraction of sp³-hybridized carbons (Fsp3) is 0.571. The van der Waals surface area contributed by atoms with Crippen molar-refractivity contribution in [2.45, 2.75) is 33.7 Å². The maximum Gasteiger partial charge on any atom is 0.0371 e. The first kappa shape index (κ1) is 13.8. The smallest absolute Gasteiger partial charge is 0.0371 e. The molecule has 0 aliphatic heterocycles. The van der Waals surface area contributed by atoms with Gasteiger partial charge >= 0.3 is 0 Å². The van der Waals surface area contributed by atoms with Crippen LogP contribution in [-0.2, 0) is 0 Å². The van der Waals surface area contributed by atoms with E-state index in [-0.39, 0.29) is 6.04 Å². The van der Waals surface area contributed by atoms with E-state index in [1.165, 1.54) is 16.9 Å². The minimum atomic E-state index is 0.178. The molecular formula is C14H25N3. The third-order valence-corrected chi connectivity index (χ3v) is 2.95. The van der Waals surface area contributed by atoms with Gasteiger partial charge in [0.1, 0.15) is 0 Å². The zero-order valence-corrected chi connectivity index (χ0v) is 11.5. The number of hydrogen-bond donors (Lipinski definition) is 2. The molecule has 0 heterocycles. The van der Waals surface area contributed by atoms with Gasteiger partial charge in [-0.25, -0.2) is 0 Å². The highest BCUT2D eigenvalue weighted by molar-refractivity contribution is 5.60. The number of nitrogens with one attached hydrogen (secondary N) is 1. The molecule has 1 aromatic rings. The Morgan fingerprint density at radius 1 is 1.29 bits per heavy atom. The lowest BCUT2D eigenvalue weighted by molar-refractivity contribution is 0.779. The standard InChI is InChI=1S/C14H25N3/c1-5-17(6-2)13-7-8-14(11(3)9-13)16-10-12(4)15/h7-9,12,16H,5-6,10,15H2,1-4H3. The first-order valence-corrected chi connectivity index (χ1v) is 6.43. The lowest BCUT2D eigenvalue weighted by Gasteiger charge is -2.22. The van der Waals surface area contributed by atoms with Gasteiger partial charge in [0.05, 0.1) is 0 Å². The van der Waals surface area contributed by atoms with E-state index in [4.69, 9.17) is 5.73 Å². The Balaban J connectivity index is 2.78. The van der Waals surface area contributed by atoms with Crippen LogP contribution in [-0.4, -0.2) is 25.7 Å². The Hall–Kier alpha value is -1.22. The van der Waals surface area contributed by atoms with Gasteiger partial charge in [-0.3, -0.25) is 0 Å². The second kappa shape index (κ2) is 6.50. The highest BCUT2D eigenvalue weighted by atomic mass is 15.1. The van der Waals surface area contributed by atoms with Crippen molar-refractivity contribution in [1.82, 2.24) is 0 Å². The van der Waals surface area contributed by atoms with E-state index in [0.717, 1.165) is 19.6 Å². The third-order valence-electron chi connectivity index (χ3n) is 2.95. The Morgan fingerprint density at radius 2 is 1.94 bits per heavy atom. The molecule has 3 nitrogen and oxygen atoms in total. The zero-order chi connectivity index (χ0) is 12.8. The maximum atomic E-state index is 5.74. The van der Waals surface area contributed by atoms with Crippen LogP contribution in [0.3, 0.4) is 0 Å². The van der Waals surface area contributed by atoms with Crippen LogP contribution < -0.4 is 16.0 Å². The number of benzene rings is 1. The van der Waals surface area contributed by atoms with E-state index < -0.39 is 0 Å². The molecule has 0 saturated heterocycles. The zero-order valence-electron chi connectivity index (χ0n) is 11.5. The van der Waals surface area contributed by atoms with E-state index in [2.05, 4.69) is 49.2 Å². The van der Waals surface area contributed by atoms with Crippen molar-refractivity contribution in [2.75, 3.05) is 29.9 Å². The molecule has 1 atom stereocenters. The Kier molecular flexibility index (Phi) is 5.29. The molecule has 17 heavy (non-hydrogen) atoms. The van der Waals surface area contributed by atoms with Crippen molar-refractivity contribution in [3.63, 3.8) is 0 Å². The number of nitrogens with zero attached hydrogens (tertiary/aromatic N) is 1. The molecule has 1 rings (SSSR count). The molecule has 0 fully saturated rings. The van der Waals surface area contributed by atoms with E-state index in [1.807, 2.05) is 6.92 Å². The molecule has 0 saturated carbocycles. The average Bonchev–Trinajstić information content (AvgIpc) is 2.29. The van der Waals surface area contributed by atoms with Gasteiger partial charge in [0.2, 0.25) is 0 Å². The summed E-state index contributed by atoms with van der Waals surface area (Å²) in [5, 5.41) is 3.37. The summed E-state index contributed by atoms with van der Waals surface area (Å²) in [6.45, 7) is 11.4. The second-order valence-electron chi connectivity index (χ2n) is 4.53. The quantitative estimate of drug-likeness (QED) is 0.796. The topological polar surface area (TPSA) is 41.3 Å². The van der Waals surface area contributed by atoms with E-state index in [1.54, 1.807) is 0 Å². The van der Waals surface area contributed by atoms with Gasteiger partial charge in [0.15, 0.2) is 0 Å². The van der Waals surface area contributed by atoms with Crippen molar-refractivity contribution < 1.29 is 0 Å². The fourth-order valence-electron chi connectivity index (χ4n) is 1.90. The molecule has 96 valence electrons. The molecule has 0 amide bonds. The Labute approximate surface area is 105 Å². The molecule has 0 spiro atoms. The molecule has 0 aliphatic rings. The summed E-state index contributed by atoms with van der Waals surface area (Å²) < 4.78 is 0. The number of anilines is 2. The molecule has 0 bridgehead atoms. The highest BCUT2D eigenvalue weighted by Gasteiger charge is 2.05. The first-order chi connectivity index (χ1) is 8.08. The summed E-state index contributed by atoms with van der Waals surface area (Å²) in [6.07, 6.45) is 0. The molecule has 0 aliphatic carbocycles. The molecule has 3 heteroatoms. The van der Waals surface area contributed by atoms with Gasteiger partial charge in [0, 0.05) is 37.1 Å². The lowest BCUT2D eigenvalue weighted by Crippen LogP contribution is -2.25. The largest absolute Gasteiger partial charge is 0.383 e.